The van der Waals surface area contributed by atoms with Crippen molar-refractivity contribution in [3.63, 3.8) is 0 Å². The van der Waals surface area contributed by atoms with Crippen molar-refractivity contribution >= 4 is 0 Å². The molecule has 2 fully saturated rings. The van der Waals surface area contributed by atoms with Crippen LogP contribution in [0.25, 0.3) is 0 Å². The van der Waals surface area contributed by atoms with Gasteiger partial charge in [-0.2, -0.15) is 0 Å². The minimum atomic E-state index is -0.702. The molecule has 1 N–H and O–H groups in total. The van der Waals surface area contributed by atoms with E-state index in [1.807, 2.05) is 0 Å². The Morgan fingerprint density at radius 2 is 1.87 bits per heavy atom. The Morgan fingerprint density at radius 1 is 1.13 bits per heavy atom. The maximum Gasteiger partial charge on any atom is 0.131 e. The number of ether oxygens (including phenoxy) is 1. The normalized spacial score (nSPS) is 32.9. The molecule has 0 aliphatic heterocycles. The zero-order valence-corrected chi connectivity index (χ0v) is 9.51. The first-order chi connectivity index (χ1) is 7.22. The van der Waals surface area contributed by atoms with Gasteiger partial charge in [0.25, 0.3) is 0 Å². The summed E-state index contributed by atoms with van der Waals surface area (Å²) in [5.41, 5.74) is -0.571. The summed E-state index contributed by atoms with van der Waals surface area (Å²) >= 11 is 0. The highest BCUT2D eigenvalue weighted by atomic mass is 16.5. The molecule has 1 unspecified atom stereocenters. The van der Waals surface area contributed by atoms with Gasteiger partial charge in [-0.25, -0.2) is 0 Å². The summed E-state index contributed by atoms with van der Waals surface area (Å²) in [5, 5.41) is 10.5. The minimum absolute atomic E-state index is 0.131. The topological polar surface area (TPSA) is 29.5 Å². The third-order valence-corrected chi connectivity index (χ3v) is 4.17. The van der Waals surface area contributed by atoms with E-state index in [9.17, 15) is 5.11 Å². The molecule has 2 nitrogen and oxygen atoms in total. The number of rotatable bonds is 1. The first-order valence-electron chi connectivity index (χ1n) is 5.94. The molecule has 0 heterocycles. The van der Waals surface area contributed by atoms with E-state index >= 15 is 0 Å². The van der Waals surface area contributed by atoms with Crippen LogP contribution in [-0.4, -0.2) is 24.4 Å². The Labute approximate surface area is 92.0 Å². The van der Waals surface area contributed by atoms with Gasteiger partial charge < -0.3 is 9.84 Å². The van der Waals surface area contributed by atoms with Crippen molar-refractivity contribution in [3.05, 3.63) is 0 Å². The predicted octanol–water partition coefficient (Wildman–Crippen LogP) is 2.11. The average molecular weight is 208 g/mol. The lowest BCUT2D eigenvalue weighted by atomic mass is 9.51. The van der Waals surface area contributed by atoms with Crippen LogP contribution >= 0.6 is 0 Å². The second kappa shape index (κ2) is 4.15. The molecule has 0 saturated heterocycles. The van der Waals surface area contributed by atoms with Gasteiger partial charge in [0.2, 0.25) is 0 Å². The molecule has 0 radical (unpaired) electrons. The lowest BCUT2D eigenvalue weighted by Gasteiger charge is -2.55. The van der Waals surface area contributed by atoms with E-state index in [4.69, 9.17) is 4.74 Å². The van der Waals surface area contributed by atoms with Crippen LogP contribution in [0, 0.1) is 17.3 Å². The molecule has 1 spiro atoms. The van der Waals surface area contributed by atoms with Gasteiger partial charge in [0.05, 0.1) is 0 Å². The average Bonchev–Trinajstić information content (AvgIpc) is 2.29. The van der Waals surface area contributed by atoms with Crippen molar-refractivity contribution in [1.29, 1.82) is 0 Å². The smallest absolute Gasteiger partial charge is 0.131 e. The second-order valence-electron chi connectivity index (χ2n) is 4.94. The fourth-order valence-electron chi connectivity index (χ4n) is 3.06. The van der Waals surface area contributed by atoms with Crippen molar-refractivity contribution in [2.24, 2.45) is 5.41 Å². The highest BCUT2D eigenvalue weighted by Gasteiger charge is 2.57. The van der Waals surface area contributed by atoms with Crippen LogP contribution < -0.4 is 0 Å². The highest BCUT2D eigenvalue weighted by Crippen LogP contribution is 2.57. The van der Waals surface area contributed by atoms with Crippen molar-refractivity contribution in [2.75, 3.05) is 13.7 Å². The van der Waals surface area contributed by atoms with Crippen LogP contribution in [0.15, 0.2) is 0 Å². The minimum Gasteiger partial charge on any atom is -0.377 e. The third kappa shape index (κ3) is 1.79. The Hall–Kier alpha value is -0.520. The summed E-state index contributed by atoms with van der Waals surface area (Å²) in [7, 11) is 1.63. The molecule has 2 rings (SSSR count). The highest BCUT2D eigenvalue weighted by molar-refractivity contribution is 5.26. The maximum absolute atomic E-state index is 10.5. The van der Waals surface area contributed by atoms with E-state index in [0.717, 1.165) is 25.7 Å². The Morgan fingerprint density at radius 3 is 2.40 bits per heavy atom. The van der Waals surface area contributed by atoms with Gasteiger partial charge in [-0.1, -0.05) is 31.1 Å². The summed E-state index contributed by atoms with van der Waals surface area (Å²) in [4.78, 5) is 0. The molecule has 2 aliphatic rings. The molecule has 2 heteroatoms. The second-order valence-corrected chi connectivity index (χ2v) is 4.94. The van der Waals surface area contributed by atoms with Crippen molar-refractivity contribution < 1.29 is 9.84 Å². The van der Waals surface area contributed by atoms with E-state index in [-0.39, 0.29) is 5.41 Å². The summed E-state index contributed by atoms with van der Waals surface area (Å²) in [6.07, 6.45) is 8.16. The largest absolute Gasteiger partial charge is 0.377 e. The number of hydrogen-bond donors (Lipinski definition) is 1. The third-order valence-electron chi connectivity index (χ3n) is 4.17. The van der Waals surface area contributed by atoms with Crippen molar-refractivity contribution in [1.82, 2.24) is 0 Å². The van der Waals surface area contributed by atoms with Crippen LogP contribution in [0.2, 0.25) is 0 Å². The molecule has 15 heavy (non-hydrogen) atoms. The molecular formula is C13H20O2. The van der Waals surface area contributed by atoms with Gasteiger partial charge in [-0.05, 0) is 25.7 Å². The fraction of sp³-hybridized carbons (Fsp3) is 0.846. The molecule has 0 aromatic heterocycles. The van der Waals surface area contributed by atoms with Crippen LogP contribution in [0.4, 0.5) is 0 Å². The first kappa shape index (κ1) is 11.0. The van der Waals surface area contributed by atoms with E-state index in [2.05, 4.69) is 11.8 Å². The van der Waals surface area contributed by atoms with Crippen LogP contribution in [-0.2, 0) is 4.74 Å². The Balaban J connectivity index is 2.05. The van der Waals surface area contributed by atoms with Crippen molar-refractivity contribution in [2.45, 2.75) is 50.5 Å². The number of hydrogen-bond acceptors (Lipinski definition) is 2. The van der Waals surface area contributed by atoms with Gasteiger partial charge in [0, 0.05) is 12.5 Å². The van der Waals surface area contributed by atoms with E-state index in [1.54, 1.807) is 7.11 Å². The zero-order chi connectivity index (χ0) is 10.8. The molecule has 0 bridgehead atoms. The van der Waals surface area contributed by atoms with Gasteiger partial charge in [0.1, 0.15) is 12.2 Å². The van der Waals surface area contributed by atoms with E-state index < -0.39 is 5.60 Å². The summed E-state index contributed by atoms with van der Waals surface area (Å²) in [6.45, 7) is 0.429. The van der Waals surface area contributed by atoms with E-state index in [1.165, 1.54) is 19.3 Å². The quantitative estimate of drug-likeness (QED) is 0.669. The molecular weight excluding hydrogens is 188 g/mol. The lowest BCUT2D eigenvalue weighted by molar-refractivity contribution is -0.141. The Kier molecular flexibility index (Phi) is 3.04. The predicted molar refractivity (Wildman–Crippen MR) is 59.4 cm³/mol. The van der Waals surface area contributed by atoms with Crippen LogP contribution in [0.5, 0.6) is 0 Å². The molecule has 0 aromatic rings. The van der Waals surface area contributed by atoms with Crippen molar-refractivity contribution in [3.8, 4) is 11.8 Å². The molecule has 0 aromatic carbocycles. The van der Waals surface area contributed by atoms with E-state index in [0.29, 0.717) is 6.61 Å². The molecule has 2 saturated carbocycles. The molecule has 2 aliphatic carbocycles. The summed E-state index contributed by atoms with van der Waals surface area (Å²) in [5.74, 6) is 5.96. The SMILES string of the molecule is COCC#CC1(O)CCC12CCCCC2. The zero-order valence-electron chi connectivity index (χ0n) is 9.51. The summed E-state index contributed by atoms with van der Waals surface area (Å²) in [6, 6.07) is 0. The van der Waals surface area contributed by atoms with Gasteiger partial charge in [-0.15, -0.1) is 0 Å². The monoisotopic (exact) mass is 208 g/mol. The molecule has 0 amide bonds. The standard InChI is InChI=1S/C13H20O2/c1-15-11-5-8-13(14)10-9-12(13)6-3-2-4-7-12/h14H,2-4,6-7,9-11H2,1H3. The van der Waals surface area contributed by atoms with Crippen LogP contribution in [0.3, 0.4) is 0 Å². The molecule has 84 valence electrons. The van der Waals surface area contributed by atoms with Gasteiger partial charge in [0.15, 0.2) is 0 Å². The summed E-state index contributed by atoms with van der Waals surface area (Å²) < 4.78 is 4.90. The maximum atomic E-state index is 10.5. The molecule has 1 atom stereocenters. The number of methoxy groups -OCH3 is 1. The van der Waals surface area contributed by atoms with Gasteiger partial charge in [-0.3, -0.25) is 0 Å². The fourth-order valence-corrected chi connectivity index (χ4v) is 3.06. The lowest BCUT2D eigenvalue weighted by Crippen LogP contribution is -2.57. The number of aliphatic hydroxyl groups is 1. The van der Waals surface area contributed by atoms with Gasteiger partial charge >= 0.3 is 0 Å². The van der Waals surface area contributed by atoms with Crippen LogP contribution in [0.1, 0.15) is 44.9 Å². The Bertz CT molecular complexity index is 281. The first-order valence-corrected chi connectivity index (χ1v) is 5.94.